The fourth-order valence-corrected chi connectivity index (χ4v) is 2.65. The van der Waals surface area contributed by atoms with Crippen LogP contribution in [0.2, 0.25) is 0 Å². The predicted molar refractivity (Wildman–Crippen MR) is 71.8 cm³/mol. The van der Waals surface area contributed by atoms with Crippen molar-refractivity contribution in [3.8, 4) is 0 Å². The van der Waals surface area contributed by atoms with Gasteiger partial charge in [-0.3, -0.25) is 4.79 Å². The van der Waals surface area contributed by atoms with Gasteiger partial charge in [-0.1, -0.05) is 0 Å². The zero-order valence-electron chi connectivity index (χ0n) is 8.81. The van der Waals surface area contributed by atoms with E-state index in [-0.39, 0.29) is 5.91 Å². The van der Waals surface area contributed by atoms with Gasteiger partial charge in [0.15, 0.2) is 0 Å². The van der Waals surface area contributed by atoms with Crippen molar-refractivity contribution in [1.82, 2.24) is 10.3 Å². The van der Waals surface area contributed by atoms with E-state index >= 15 is 0 Å². The molecule has 0 aliphatic rings. The molecule has 0 aliphatic heterocycles. The number of rotatable bonds is 3. The average molecular weight is 312 g/mol. The first-order chi connectivity index (χ1) is 8.15. The third-order valence-corrected chi connectivity index (χ3v) is 3.79. The topological polar surface area (TPSA) is 68.0 Å². The molecule has 2 aromatic heterocycles. The summed E-state index contributed by atoms with van der Waals surface area (Å²) in [5.74, 6) is 0.255. The van der Waals surface area contributed by atoms with Crippen LogP contribution in [0.3, 0.4) is 0 Å². The Bertz CT molecular complexity index is 524. The number of nitrogens with two attached hydrogens (primary N) is 1. The van der Waals surface area contributed by atoms with Gasteiger partial charge in [0.05, 0.1) is 12.1 Å². The van der Waals surface area contributed by atoms with Crippen LogP contribution in [0.5, 0.6) is 0 Å². The Morgan fingerprint density at radius 2 is 2.35 bits per heavy atom. The van der Waals surface area contributed by atoms with Crippen LogP contribution in [-0.4, -0.2) is 10.9 Å². The second-order valence-corrected chi connectivity index (χ2v) is 5.30. The molecule has 0 unspecified atom stereocenters. The maximum absolute atomic E-state index is 11.7. The highest BCUT2D eigenvalue weighted by Crippen LogP contribution is 2.19. The fraction of sp³-hybridized carbons (Fsp3) is 0.0909. The molecule has 3 N–H and O–H groups in total. The highest BCUT2D eigenvalue weighted by molar-refractivity contribution is 9.10. The number of amides is 1. The summed E-state index contributed by atoms with van der Waals surface area (Å²) >= 11 is 4.96. The second-order valence-electron chi connectivity index (χ2n) is 3.39. The van der Waals surface area contributed by atoms with Crippen LogP contribution in [0.1, 0.15) is 15.2 Å². The van der Waals surface area contributed by atoms with E-state index in [1.54, 1.807) is 23.5 Å². The monoisotopic (exact) mass is 311 g/mol. The van der Waals surface area contributed by atoms with Gasteiger partial charge in [-0.05, 0) is 34.1 Å². The molecule has 0 bridgehead atoms. The number of carbonyl (C=O) groups excluding carboxylic acids is 1. The Kier molecular flexibility index (Phi) is 3.75. The molecule has 2 rings (SSSR count). The lowest BCUT2D eigenvalue weighted by molar-refractivity contribution is 0.0951. The van der Waals surface area contributed by atoms with Crippen molar-refractivity contribution in [1.29, 1.82) is 0 Å². The van der Waals surface area contributed by atoms with E-state index < -0.39 is 0 Å². The normalized spacial score (nSPS) is 10.2. The summed E-state index contributed by atoms with van der Waals surface area (Å²) < 4.78 is 1.03. The van der Waals surface area contributed by atoms with Gasteiger partial charge in [0.1, 0.15) is 5.82 Å². The number of nitrogens with zero attached hydrogens (tertiary/aromatic N) is 1. The van der Waals surface area contributed by atoms with Crippen LogP contribution in [0.25, 0.3) is 0 Å². The van der Waals surface area contributed by atoms with E-state index in [1.165, 1.54) is 6.20 Å². The Labute approximate surface area is 111 Å². The molecule has 0 saturated carbocycles. The summed E-state index contributed by atoms with van der Waals surface area (Å²) in [5.41, 5.74) is 5.96. The zero-order chi connectivity index (χ0) is 12.3. The minimum Gasteiger partial charge on any atom is -0.384 e. The van der Waals surface area contributed by atoms with Crippen molar-refractivity contribution in [3.05, 3.63) is 44.7 Å². The lowest BCUT2D eigenvalue weighted by Crippen LogP contribution is -2.22. The molecular weight excluding hydrogens is 302 g/mol. The number of pyridine rings is 1. The third kappa shape index (κ3) is 3.28. The van der Waals surface area contributed by atoms with Crippen molar-refractivity contribution >= 4 is 39.0 Å². The molecule has 0 fully saturated rings. The summed E-state index contributed by atoms with van der Waals surface area (Å²) in [4.78, 5) is 16.7. The molecule has 0 aromatic carbocycles. The number of anilines is 1. The summed E-state index contributed by atoms with van der Waals surface area (Å²) in [5, 5.41) is 4.80. The predicted octanol–water partition coefficient (Wildman–Crippen LogP) is 2.42. The molecule has 2 aromatic rings. The van der Waals surface area contributed by atoms with Crippen LogP contribution < -0.4 is 11.1 Å². The molecule has 2 heterocycles. The van der Waals surface area contributed by atoms with Gasteiger partial charge < -0.3 is 11.1 Å². The molecule has 4 nitrogen and oxygen atoms in total. The first-order valence-corrected chi connectivity index (χ1v) is 6.55. The Hall–Kier alpha value is -1.40. The largest absolute Gasteiger partial charge is 0.384 e. The SMILES string of the molecule is Nc1ccc(C(=O)NCc2cc(Br)cs2)cn1. The lowest BCUT2D eigenvalue weighted by Gasteiger charge is -2.03. The first-order valence-electron chi connectivity index (χ1n) is 4.88. The van der Waals surface area contributed by atoms with Crippen molar-refractivity contribution in [2.24, 2.45) is 0 Å². The second kappa shape index (κ2) is 5.29. The molecule has 0 atom stereocenters. The van der Waals surface area contributed by atoms with Gasteiger partial charge in [0.2, 0.25) is 0 Å². The molecule has 6 heteroatoms. The lowest BCUT2D eigenvalue weighted by atomic mass is 10.2. The number of carbonyl (C=O) groups is 1. The fourth-order valence-electron chi connectivity index (χ4n) is 1.26. The number of aromatic nitrogens is 1. The number of nitrogens with one attached hydrogen (secondary N) is 1. The van der Waals surface area contributed by atoms with Crippen LogP contribution in [-0.2, 0) is 6.54 Å². The summed E-state index contributed by atoms with van der Waals surface area (Å²) in [7, 11) is 0. The molecule has 1 amide bonds. The molecule has 0 radical (unpaired) electrons. The van der Waals surface area contributed by atoms with Crippen LogP contribution in [0, 0.1) is 0 Å². The minimum absolute atomic E-state index is 0.151. The molecule has 17 heavy (non-hydrogen) atoms. The van der Waals surface area contributed by atoms with Crippen LogP contribution in [0.15, 0.2) is 34.2 Å². The highest BCUT2D eigenvalue weighted by Gasteiger charge is 2.06. The van der Waals surface area contributed by atoms with E-state index in [0.29, 0.717) is 17.9 Å². The standard InChI is InChI=1S/C11H10BrN3OS/c12-8-3-9(17-6-8)5-15-11(16)7-1-2-10(13)14-4-7/h1-4,6H,5H2,(H2,13,14)(H,15,16). The van der Waals surface area contributed by atoms with Gasteiger partial charge >= 0.3 is 0 Å². The molecule has 0 spiro atoms. The summed E-state index contributed by atoms with van der Waals surface area (Å²) in [6.45, 7) is 0.513. The number of thiophene rings is 1. The zero-order valence-corrected chi connectivity index (χ0v) is 11.2. The van der Waals surface area contributed by atoms with Gasteiger partial charge in [-0.15, -0.1) is 11.3 Å². The quantitative estimate of drug-likeness (QED) is 0.914. The van der Waals surface area contributed by atoms with Crippen molar-refractivity contribution < 1.29 is 4.79 Å². The smallest absolute Gasteiger partial charge is 0.253 e. The summed E-state index contributed by atoms with van der Waals surface area (Å²) in [6.07, 6.45) is 1.47. The summed E-state index contributed by atoms with van der Waals surface area (Å²) in [6, 6.07) is 5.24. The molecule has 88 valence electrons. The number of nitrogen functional groups attached to an aromatic ring is 1. The maximum atomic E-state index is 11.7. The van der Waals surface area contributed by atoms with E-state index in [9.17, 15) is 4.79 Å². The van der Waals surface area contributed by atoms with Gasteiger partial charge in [0, 0.05) is 20.9 Å². The maximum Gasteiger partial charge on any atom is 0.253 e. The van der Waals surface area contributed by atoms with Gasteiger partial charge in [-0.25, -0.2) is 4.98 Å². The Morgan fingerprint density at radius 3 is 2.94 bits per heavy atom. The highest BCUT2D eigenvalue weighted by atomic mass is 79.9. The number of halogens is 1. The Balaban J connectivity index is 1.95. The van der Waals surface area contributed by atoms with Crippen molar-refractivity contribution in [2.45, 2.75) is 6.54 Å². The van der Waals surface area contributed by atoms with Crippen molar-refractivity contribution in [3.63, 3.8) is 0 Å². The van der Waals surface area contributed by atoms with Crippen LogP contribution in [0.4, 0.5) is 5.82 Å². The number of hydrogen-bond acceptors (Lipinski definition) is 4. The third-order valence-electron chi connectivity index (χ3n) is 2.09. The number of hydrogen-bond donors (Lipinski definition) is 2. The first kappa shape index (κ1) is 12.1. The average Bonchev–Trinajstić information content (AvgIpc) is 2.73. The van der Waals surface area contributed by atoms with E-state index in [2.05, 4.69) is 26.2 Å². The molecule has 0 saturated heterocycles. The minimum atomic E-state index is -0.151. The Morgan fingerprint density at radius 1 is 1.53 bits per heavy atom. The van der Waals surface area contributed by atoms with E-state index in [4.69, 9.17) is 5.73 Å². The van der Waals surface area contributed by atoms with E-state index in [0.717, 1.165) is 9.35 Å². The van der Waals surface area contributed by atoms with Crippen LogP contribution >= 0.6 is 27.3 Å². The van der Waals surface area contributed by atoms with E-state index in [1.807, 2.05) is 11.4 Å². The van der Waals surface area contributed by atoms with Crippen molar-refractivity contribution in [2.75, 3.05) is 5.73 Å². The molecule has 0 aliphatic carbocycles. The van der Waals surface area contributed by atoms with Gasteiger partial charge in [0.25, 0.3) is 5.91 Å². The molecular formula is C11H10BrN3OS. The van der Waals surface area contributed by atoms with Gasteiger partial charge in [-0.2, -0.15) is 0 Å².